The van der Waals surface area contributed by atoms with Crippen LogP contribution in [0.15, 0.2) is 109 Å². The van der Waals surface area contributed by atoms with Gasteiger partial charge in [0.1, 0.15) is 6.61 Å². The van der Waals surface area contributed by atoms with E-state index in [1.54, 1.807) is 0 Å². The van der Waals surface area contributed by atoms with Gasteiger partial charge in [0, 0.05) is 12.8 Å². The van der Waals surface area contributed by atoms with Crippen LogP contribution in [-0.2, 0) is 19.1 Å². The molecule has 0 aliphatic carbocycles. The minimum atomic E-state index is -0.786. The van der Waals surface area contributed by atoms with Crippen molar-refractivity contribution >= 4 is 11.9 Å². The van der Waals surface area contributed by atoms with Gasteiger partial charge in [-0.3, -0.25) is 9.59 Å². The topological polar surface area (TPSA) is 72.8 Å². The first-order chi connectivity index (χ1) is 30.6. The normalized spacial score (nSPS) is 13.1. The van der Waals surface area contributed by atoms with Crippen molar-refractivity contribution in [2.75, 3.05) is 13.2 Å². The van der Waals surface area contributed by atoms with Crippen molar-refractivity contribution in [1.29, 1.82) is 0 Å². The van der Waals surface area contributed by atoms with Gasteiger partial charge >= 0.3 is 11.9 Å². The third kappa shape index (κ3) is 49.2. The quantitative estimate of drug-likeness (QED) is 0.0375. The van der Waals surface area contributed by atoms with E-state index in [2.05, 4.69) is 123 Å². The summed E-state index contributed by atoms with van der Waals surface area (Å²) in [7, 11) is 0. The van der Waals surface area contributed by atoms with E-state index in [4.69, 9.17) is 9.47 Å². The number of esters is 2. The van der Waals surface area contributed by atoms with Crippen LogP contribution in [0.25, 0.3) is 0 Å². The Morgan fingerprint density at radius 2 is 0.694 bits per heavy atom. The molecule has 0 aromatic heterocycles. The predicted octanol–water partition coefficient (Wildman–Crippen LogP) is 17.0. The van der Waals surface area contributed by atoms with Crippen LogP contribution in [0.4, 0.5) is 0 Å². The molecule has 352 valence electrons. The van der Waals surface area contributed by atoms with Crippen LogP contribution in [0.5, 0.6) is 0 Å². The van der Waals surface area contributed by atoms with Crippen LogP contribution in [0.2, 0.25) is 0 Å². The molecule has 0 aliphatic rings. The fourth-order valence-corrected chi connectivity index (χ4v) is 6.74. The van der Waals surface area contributed by atoms with E-state index in [-0.39, 0.29) is 25.2 Å². The lowest BCUT2D eigenvalue weighted by Crippen LogP contribution is -2.28. The summed E-state index contributed by atoms with van der Waals surface area (Å²) in [5, 5.41) is 9.61. The summed E-state index contributed by atoms with van der Waals surface area (Å²) in [5.74, 6) is -0.615. The largest absolute Gasteiger partial charge is 0.462 e. The number of aliphatic hydroxyl groups is 1. The number of carbonyl (C=O) groups excluding carboxylic acids is 2. The number of unbranched alkanes of at least 4 members (excludes halogenated alkanes) is 19. The molecular formula is C57H94O5. The summed E-state index contributed by atoms with van der Waals surface area (Å²) in [5.41, 5.74) is 0. The zero-order valence-corrected chi connectivity index (χ0v) is 40.1. The molecule has 0 fully saturated rings. The van der Waals surface area contributed by atoms with Crippen molar-refractivity contribution in [3.63, 3.8) is 0 Å². The van der Waals surface area contributed by atoms with Crippen LogP contribution >= 0.6 is 0 Å². The fourth-order valence-electron chi connectivity index (χ4n) is 6.74. The van der Waals surface area contributed by atoms with Crippen molar-refractivity contribution in [2.24, 2.45) is 0 Å². The molecule has 0 heterocycles. The summed E-state index contributed by atoms with van der Waals surface area (Å²) in [6.07, 6.45) is 74.6. The monoisotopic (exact) mass is 859 g/mol. The first kappa shape index (κ1) is 58.6. The molecule has 0 saturated carbocycles. The molecule has 1 N–H and O–H groups in total. The van der Waals surface area contributed by atoms with Gasteiger partial charge in [0.25, 0.3) is 0 Å². The third-order valence-corrected chi connectivity index (χ3v) is 10.6. The maximum Gasteiger partial charge on any atom is 0.306 e. The van der Waals surface area contributed by atoms with E-state index >= 15 is 0 Å². The van der Waals surface area contributed by atoms with Crippen LogP contribution in [0.1, 0.15) is 219 Å². The van der Waals surface area contributed by atoms with Gasteiger partial charge in [-0.05, 0) is 103 Å². The molecule has 0 amide bonds. The fraction of sp³-hybridized carbons (Fsp3) is 0.649. The van der Waals surface area contributed by atoms with Crippen LogP contribution < -0.4 is 0 Å². The molecule has 0 aromatic rings. The molecule has 0 spiro atoms. The Balaban J connectivity index is 3.60. The molecule has 62 heavy (non-hydrogen) atoms. The number of allylic oxidation sites excluding steroid dienone is 18. The van der Waals surface area contributed by atoms with E-state index in [1.165, 1.54) is 89.9 Å². The Morgan fingerprint density at radius 1 is 0.387 bits per heavy atom. The van der Waals surface area contributed by atoms with E-state index in [0.29, 0.717) is 12.8 Å². The summed E-state index contributed by atoms with van der Waals surface area (Å²) < 4.78 is 10.6. The standard InChI is InChI=1S/C57H94O5/c1-3-5-7-9-11-13-15-17-19-20-21-22-23-24-25-26-27-28-29-30-31-32-33-34-35-36-38-40-42-44-46-48-50-52-57(60)62-55(53-58)54-61-56(59)51-49-47-45-43-41-39-37-18-16-14-12-10-8-6-4-2/h5,7,11,13,17-19,21-22,24-25,27-28,30-31,33-34,37,55,58H,3-4,6,8-10,12,14-16,20,23,26,29,32,35-36,38-54H2,1-2H3/b7-5-,13-11-,19-17-,22-21-,25-24-,28-27-,31-30-,34-33-,37-18-. The Bertz CT molecular complexity index is 1250. The van der Waals surface area contributed by atoms with Crippen LogP contribution in [0.3, 0.4) is 0 Å². The molecular weight excluding hydrogens is 765 g/mol. The first-order valence-corrected chi connectivity index (χ1v) is 25.4. The second-order valence-corrected chi connectivity index (χ2v) is 16.5. The molecule has 0 aromatic carbocycles. The zero-order chi connectivity index (χ0) is 44.9. The average Bonchev–Trinajstić information content (AvgIpc) is 3.28. The molecule has 5 heteroatoms. The van der Waals surface area contributed by atoms with Crippen molar-refractivity contribution in [3.8, 4) is 0 Å². The van der Waals surface area contributed by atoms with Gasteiger partial charge in [0.2, 0.25) is 0 Å². The minimum Gasteiger partial charge on any atom is -0.462 e. The molecule has 1 unspecified atom stereocenters. The molecule has 0 bridgehead atoms. The molecule has 5 nitrogen and oxygen atoms in total. The highest BCUT2D eigenvalue weighted by Gasteiger charge is 2.16. The lowest BCUT2D eigenvalue weighted by Gasteiger charge is -2.15. The maximum absolute atomic E-state index is 12.3. The lowest BCUT2D eigenvalue weighted by molar-refractivity contribution is -0.161. The second-order valence-electron chi connectivity index (χ2n) is 16.5. The first-order valence-electron chi connectivity index (χ1n) is 25.4. The number of ether oxygens (including phenoxy) is 2. The van der Waals surface area contributed by atoms with Crippen LogP contribution in [0, 0.1) is 0 Å². The number of aliphatic hydroxyl groups excluding tert-OH is 1. The van der Waals surface area contributed by atoms with Gasteiger partial charge in [-0.25, -0.2) is 0 Å². The summed E-state index contributed by atoms with van der Waals surface area (Å²) in [6, 6.07) is 0. The Kier molecular flexibility index (Phi) is 49.0. The van der Waals surface area contributed by atoms with Gasteiger partial charge in [0.05, 0.1) is 6.61 Å². The van der Waals surface area contributed by atoms with Gasteiger partial charge in [-0.15, -0.1) is 0 Å². The highest BCUT2D eigenvalue weighted by atomic mass is 16.6. The molecule has 0 radical (unpaired) electrons. The lowest BCUT2D eigenvalue weighted by atomic mass is 10.1. The van der Waals surface area contributed by atoms with Gasteiger partial charge in [-0.2, -0.15) is 0 Å². The summed E-state index contributed by atoms with van der Waals surface area (Å²) in [4.78, 5) is 24.4. The molecule has 0 saturated heterocycles. The number of hydrogen-bond donors (Lipinski definition) is 1. The minimum absolute atomic E-state index is 0.0787. The predicted molar refractivity (Wildman–Crippen MR) is 269 cm³/mol. The second kappa shape index (κ2) is 51.9. The summed E-state index contributed by atoms with van der Waals surface area (Å²) in [6.45, 7) is 4.00. The van der Waals surface area contributed by atoms with Gasteiger partial charge < -0.3 is 14.6 Å². The Labute approximate surface area is 382 Å². The van der Waals surface area contributed by atoms with E-state index in [9.17, 15) is 14.7 Å². The summed E-state index contributed by atoms with van der Waals surface area (Å²) >= 11 is 0. The highest BCUT2D eigenvalue weighted by molar-refractivity contribution is 5.70. The van der Waals surface area contributed by atoms with E-state index in [1.807, 2.05) is 0 Å². The number of hydrogen-bond acceptors (Lipinski definition) is 5. The van der Waals surface area contributed by atoms with Crippen molar-refractivity contribution < 1.29 is 24.2 Å². The number of rotatable bonds is 45. The molecule has 0 aliphatic heterocycles. The van der Waals surface area contributed by atoms with Crippen LogP contribution in [-0.4, -0.2) is 36.4 Å². The Morgan fingerprint density at radius 3 is 1.06 bits per heavy atom. The maximum atomic E-state index is 12.3. The SMILES string of the molecule is CC/C=C\C/C=C\C/C=C\C/C=C\C/C=C\C/C=C\C/C=C\C/C=C\CCCCCCCCCCC(=O)OC(CO)COC(=O)CCCCCCC/C=C\CCCCCCCC. The van der Waals surface area contributed by atoms with Crippen molar-refractivity contribution in [1.82, 2.24) is 0 Å². The zero-order valence-electron chi connectivity index (χ0n) is 40.1. The van der Waals surface area contributed by atoms with Crippen molar-refractivity contribution in [2.45, 2.75) is 225 Å². The highest BCUT2D eigenvalue weighted by Crippen LogP contribution is 2.13. The smallest absolute Gasteiger partial charge is 0.306 e. The molecule has 1 atom stereocenters. The van der Waals surface area contributed by atoms with E-state index < -0.39 is 6.10 Å². The Hall–Kier alpha value is -3.44. The van der Waals surface area contributed by atoms with Gasteiger partial charge in [-0.1, -0.05) is 213 Å². The number of carbonyl (C=O) groups is 2. The van der Waals surface area contributed by atoms with E-state index in [0.717, 1.165) is 103 Å². The average molecular weight is 859 g/mol. The molecule has 0 rings (SSSR count). The third-order valence-electron chi connectivity index (χ3n) is 10.6. The van der Waals surface area contributed by atoms with Gasteiger partial charge in [0.15, 0.2) is 6.10 Å². The van der Waals surface area contributed by atoms with Crippen molar-refractivity contribution in [3.05, 3.63) is 109 Å².